The summed E-state index contributed by atoms with van der Waals surface area (Å²) in [7, 11) is -3.38. The molecule has 0 saturated carbocycles. The molecule has 0 amide bonds. The zero-order valence-electron chi connectivity index (χ0n) is 9.74. The van der Waals surface area contributed by atoms with E-state index in [1.807, 2.05) is 27.7 Å². The first-order valence-corrected chi connectivity index (χ1v) is 8.11. The number of hydrogen-bond acceptors (Lipinski definition) is 3. The van der Waals surface area contributed by atoms with Gasteiger partial charge in [-0.15, -0.1) is 11.3 Å². The highest BCUT2D eigenvalue weighted by Gasteiger charge is 2.22. The second kappa shape index (κ2) is 5.16. The summed E-state index contributed by atoms with van der Waals surface area (Å²) < 4.78 is 27.6. The summed E-state index contributed by atoms with van der Waals surface area (Å²) in [6.07, 6.45) is 0. The Bertz CT molecular complexity index is 465. The monoisotopic (exact) mass is 325 g/mol. The van der Waals surface area contributed by atoms with E-state index in [4.69, 9.17) is 0 Å². The standard InChI is InChI=1S/C10H16BrNO2S2/c1-6(2)7(3)12-16(13,14)9-5-10(11)15-8(9)4/h5-7,12H,1-4H3. The first-order chi connectivity index (χ1) is 7.24. The molecule has 0 aromatic carbocycles. The number of aryl methyl sites for hydroxylation is 1. The fourth-order valence-electron chi connectivity index (χ4n) is 1.14. The van der Waals surface area contributed by atoms with Crippen molar-refractivity contribution < 1.29 is 8.42 Å². The van der Waals surface area contributed by atoms with Gasteiger partial charge in [0.25, 0.3) is 0 Å². The van der Waals surface area contributed by atoms with Crippen molar-refractivity contribution in [2.24, 2.45) is 5.92 Å². The molecule has 0 spiro atoms. The Kier molecular flexibility index (Phi) is 4.57. The molecule has 0 radical (unpaired) electrons. The molecule has 0 saturated heterocycles. The minimum Gasteiger partial charge on any atom is -0.208 e. The van der Waals surface area contributed by atoms with Crippen molar-refractivity contribution in [1.29, 1.82) is 0 Å². The molecule has 16 heavy (non-hydrogen) atoms. The molecule has 92 valence electrons. The van der Waals surface area contributed by atoms with Gasteiger partial charge in [-0.05, 0) is 41.8 Å². The van der Waals surface area contributed by atoms with Crippen LogP contribution in [0.5, 0.6) is 0 Å². The van der Waals surface area contributed by atoms with Gasteiger partial charge in [-0.2, -0.15) is 0 Å². The maximum Gasteiger partial charge on any atom is 0.241 e. The average Bonchev–Trinajstić information content (AvgIpc) is 2.45. The Morgan fingerprint density at radius 3 is 2.31 bits per heavy atom. The zero-order valence-corrected chi connectivity index (χ0v) is 13.0. The Morgan fingerprint density at radius 2 is 1.94 bits per heavy atom. The fraction of sp³-hybridized carbons (Fsp3) is 0.600. The van der Waals surface area contributed by atoms with Gasteiger partial charge in [0.1, 0.15) is 0 Å². The molecule has 1 N–H and O–H groups in total. The van der Waals surface area contributed by atoms with Crippen molar-refractivity contribution in [1.82, 2.24) is 4.72 Å². The van der Waals surface area contributed by atoms with Crippen LogP contribution in [0, 0.1) is 12.8 Å². The van der Waals surface area contributed by atoms with Crippen molar-refractivity contribution in [3.05, 3.63) is 14.7 Å². The largest absolute Gasteiger partial charge is 0.241 e. The van der Waals surface area contributed by atoms with Gasteiger partial charge in [0, 0.05) is 10.9 Å². The normalized spacial score (nSPS) is 14.4. The van der Waals surface area contributed by atoms with Crippen LogP contribution < -0.4 is 4.72 Å². The molecule has 1 aromatic rings. The van der Waals surface area contributed by atoms with Gasteiger partial charge in [-0.25, -0.2) is 13.1 Å². The number of rotatable bonds is 4. The molecule has 1 unspecified atom stereocenters. The quantitative estimate of drug-likeness (QED) is 0.924. The lowest BCUT2D eigenvalue weighted by atomic mass is 10.1. The van der Waals surface area contributed by atoms with Crippen molar-refractivity contribution in [3.63, 3.8) is 0 Å². The van der Waals surface area contributed by atoms with Crippen molar-refractivity contribution in [2.75, 3.05) is 0 Å². The van der Waals surface area contributed by atoms with Crippen LogP contribution in [-0.2, 0) is 10.0 Å². The van der Waals surface area contributed by atoms with Crippen LogP contribution in [-0.4, -0.2) is 14.5 Å². The van der Waals surface area contributed by atoms with Crippen LogP contribution in [0.25, 0.3) is 0 Å². The van der Waals surface area contributed by atoms with E-state index in [0.717, 1.165) is 8.66 Å². The van der Waals surface area contributed by atoms with Gasteiger partial charge < -0.3 is 0 Å². The Balaban J connectivity index is 2.99. The average molecular weight is 326 g/mol. The minimum absolute atomic E-state index is 0.0666. The van der Waals surface area contributed by atoms with E-state index in [9.17, 15) is 8.42 Å². The van der Waals surface area contributed by atoms with E-state index in [1.54, 1.807) is 6.07 Å². The Labute approximate surface area is 109 Å². The first kappa shape index (κ1) is 14.2. The number of hydrogen-bond donors (Lipinski definition) is 1. The third-order valence-corrected chi connectivity index (χ3v) is 5.84. The van der Waals surface area contributed by atoms with E-state index >= 15 is 0 Å². The fourth-order valence-corrected chi connectivity index (χ4v) is 4.95. The Hall–Kier alpha value is 0.0900. The highest BCUT2D eigenvalue weighted by Crippen LogP contribution is 2.29. The lowest BCUT2D eigenvalue weighted by molar-refractivity contribution is 0.476. The number of thiophene rings is 1. The molecule has 0 aliphatic rings. The minimum atomic E-state index is -3.38. The van der Waals surface area contributed by atoms with Crippen LogP contribution in [0.2, 0.25) is 0 Å². The first-order valence-electron chi connectivity index (χ1n) is 5.02. The SMILES string of the molecule is Cc1sc(Br)cc1S(=O)(=O)NC(C)C(C)C. The van der Waals surface area contributed by atoms with Crippen LogP contribution in [0.1, 0.15) is 25.6 Å². The molecular formula is C10H16BrNO2S2. The lowest BCUT2D eigenvalue weighted by Gasteiger charge is -2.17. The lowest BCUT2D eigenvalue weighted by Crippen LogP contribution is -2.36. The maximum absolute atomic E-state index is 12.1. The number of nitrogens with one attached hydrogen (secondary N) is 1. The van der Waals surface area contributed by atoms with E-state index in [0.29, 0.717) is 4.90 Å². The molecule has 6 heteroatoms. The summed E-state index contributed by atoms with van der Waals surface area (Å²) in [5, 5.41) is 0. The summed E-state index contributed by atoms with van der Waals surface area (Å²) in [6, 6.07) is 1.58. The van der Waals surface area contributed by atoms with Gasteiger partial charge in [0.05, 0.1) is 8.68 Å². The van der Waals surface area contributed by atoms with Gasteiger partial charge in [-0.3, -0.25) is 0 Å². The van der Waals surface area contributed by atoms with Crippen molar-refractivity contribution in [3.8, 4) is 0 Å². The summed E-state index contributed by atoms with van der Waals surface area (Å²) in [4.78, 5) is 1.17. The summed E-state index contributed by atoms with van der Waals surface area (Å²) in [5.41, 5.74) is 0. The zero-order chi connectivity index (χ0) is 12.5. The van der Waals surface area contributed by atoms with Gasteiger partial charge >= 0.3 is 0 Å². The topological polar surface area (TPSA) is 46.2 Å². The smallest absolute Gasteiger partial charge is 0.208 e. The van der Waals surface area contributed by atoms with Crippen LogP contribution >= 0.6 is 27.3 Å². The molecule has 1 rings (SSSR count). The summed E-state index contributed by atoms with van der Waals surface area (Å²) >= 11 is 4.73. The Morgan fingerprint density at radius 1 is 1.38 bits per heavy atom. The van der Waals surface area contributed by atoms with E-state index in [2.05, 4.69) is 20.7 Å². The van der Waals surface area contributed by atoms with Gasteiger partial charge in [-0.1, -0.05) is 13.8 Å². The third-order valence-electron chi connectivity index (χ3n) is 2.47. The molecule has 1 aromatic heterocycles. The van der Waals surface area contributed by atoms with Crippen LogP contribution in [0.15, 0.2) is 14.7 Å². The molecule has 1 heterocycles. The highest BCUT2D eigenvalue weighted by atomic mass is 79.9. The molecule has 3 nitrogen and oxygen atoms in total. The molecule has 0 aliphatic heterocycles. The molecule has 1 atom stereocenters. The van der Waals surface area contributed by atoms with Crippen LogP contribution in [0.4, 0.5) is 0 Å². The third kappa shape index (κ3) is 3.29. The van der Waals surface area contributed by atoms with Crippen molar-refractivity contribution >= 4 is 37.3 Å². The molecular weight excluding hydrogens is 310 g/mol. The highest BCUT2D eigenvalue weighted by molar-refractivity contribution is 9.11. The predicted molar refractivity (Wildman–Crippen MR) is 71.4 cm³/mol. The van der Waals surface area contributed by atoms with Crippen LogP contribution in [0.3, 0.4) is 0 Å². The maximum atomic E-state index is 12.1. The van der Waals surface area contributed by atoms with E-state index < -0.39 is 10.0 Å². The second-order valence-corrected chi connectivity index (χ2v) is 8.44. The predicted octanol–water partition coefficient (Wildman–Crippen LogP) is 3.14. The van der Waals surface area contributed by atoms with Gasteiger partial charge in [0.15, 0.2) is 0 Å². The number of sulfonamides is 1. The van der Waals surface area contributed by atoms with Crippen molar-refractivity contribution in [2.45, 2.75) is 38.6 Å². The number of halogens is 1. The van der Waals surface area contributed by atoms with Gasteiger partial charge in [0.2, 0.25) is 10.0 Å². The molecule has 0 bridgehead atoms. The summed E-state index contributed by atoms with van der Waals surface area (Å²) in [5.74, 6) is 0.275. The van der Waals surface area contributed by atoms with E-state index in [1.165, 1.54) is 11.3 Å². The molecule has 0 fully saturated rings. The second-order valence-electron chi connectivity index (χ2n) is 4.12. The van der Waals surface area contributed by atoms with E-state index in [-0.39, 0.29) is 12.0 Å². The summed E-state index contributed by atoms with van der Waals surface area (Å²) in [6.45, 7) is 7.66. The molecule has 0 aliphatic carbocycles.